The monoisotopic (exact) mass is 276 g/mol. The molecule has 7 heteroatoms. The quantitative estimate of drug-likeness (QED) is 0.505. The van der Waals surface area contributed by atoms with E-state index in [4.69, 9.17) is 9.15 Å². The Morgan fingerprint density at radius 3 is 2.90 bits per heavy atom. The topological polar surface area (TPSA) is 94.6 Å². The largest absolute Gasteiger partial charge is 0.490 e. The van der Waals surface area contributed by atoms with E-state index in [0.717, 1.165) is 12.1 Å². The molecule has 2 aromatic rings. The van der Waals surface area contributed by atoms with Crippen molar-refractivity contribution in [1.82, 2.24) is 5.32 Å². The van der Waals surface area contributed by atoms with Crippen molar-refractivity contribution in [2.45, 2.75) is 13.0 Å². The summed E-state index contributed by atoms with van der Waals surface area (Å²) in [7, 11) is 1.34. The first-order valence-corrected chi connectivity index (χ1v) is 6.13. The first kappa shape index (κ1) is 12.6. The number of fused-ring (bicyclic) bond motifs is 3. The van der Waals surface area contributed by atoms with Gasteiger partial charge in [0.15, 0.2) is 0 Å². The molecule has 3 rings (SSSR count). The van der Waals surface area contributed by atoms with E-state index in [-0.39, 0.29) is 11.4 Å². The highest BCUT2D eigenvalue weighted by molar-refractivity contribution is 5.86. The summed E-state index contributed by atoms with van der Waals surface area (Å²) < 4.78 is 10.2. The van der Waals surface area contributed by atoms with Gasteiger partial charge in [0.25, 0.3) is 0 Å². The van der Waals surface area contributed by atoms with Gasteiger partial charge in [-0.1, -0.05) is 0 Å². The molecule has 0 fully saturated rings. The van der Waals surface area contributed by atoms with Crippen LogP contribution in [0.2, 0.25) is 0 Å². The van der Waals surface area contributed by atoms with E-state index < -0.39 is 10.5 Å². The van der Waals surface area contributed by atoms with Crippen LogP contribution >= 0.6 is 0 Å². The Kier molecular flexibility index (Phi) is 2.90. The van der Waals surface area contributed by atoms with Crippen LogP contribution in [0, 0.1) is 10.1 Å². The molecule has 104 valence electrons. The molecule has 7 nitrogen and oxygen atoms in total. The molecule has 0 saturated carbocycles. The first-order chi connectivity index (χ1) is 9.61. The molecular formula is C13H12N2O5. The molecule has 0 atom stereocenters. The van der Waals surface area contributed by atoms with Crippen LogP contribution in [0.4, 0.5) is 5.69 Å². The molecule has 1 aliphatic rings. The lowest BCUT2D eigenvalue weighted by molar-refractivity contribution is -0.385. The third kappa shape index (κ3) is 1.83. The van der Waals surface area contributed by atoms with E-state index in [0.29, 0.717) is 29.5 Å². The number of nitro benzene ring substituents is 1. The number of nitrogens with zero attached hydrogens (tertiary/aromatic N) is 1. The van der Waals surface area contributed by atoms with Gasteiger partial charge >= 0.3 is 11.3 Å². The van der Waals surface area contributed by atoms with Crippen molar-refractivity contribution in [2.75, 3.05) is 13.7 Å². The molecule has 0 radical (unpaired) electrons. The minimum Gasteiger partial charge on any atom is -0.490 e. The average molecular weight is 276 g/mol. The van der Waals surface area contributed by atoms with Crippen molar-refractivity contribution >= 4 is 16.7 Å². The summed E-state index contributed by atoms with van der Waals surface area (Å²) in [5, 5.41) is 14.8. The second kappa shape index (κ2) is 4.61. The molecule has 1 N–H and O–H groups in total. The van der Waals surface area contributed by atoms with Crippen LogP contribution in [0.5, 0.6) is 5.75 Å². The minimum atomic E-state index is -0.503. The molecule has 20 heavy (non-hydrogen) atoms. The number of nitro groups is 1. The van der Waals surface area contributed by atoms with Crippen LogP contribution in [0.3, 0.4) is 0 Å². The van der Waals surface area contributed by atoms with E-state index in [1.165, 1.54) is 19.2 Å². The van der Waals surface area contributed by atoms with Gasteiger partial charge in [0.1, 0.15) is 5.58 Å². The summed E-state index contributed by atoms with van der Waals surface area (Å²) in [5.41, 5.74) is 1.15. The predicted octanol–water partition coefficient (Wildman–Crippen LogP) is 1.36. The molecule has 1 aliphatic heterocycles. The van der Waals surface area contributed by atoms with Crippen LogP contribution in [0.15, 0.2) is 21.3 Å². The molecule has 0 amide bonds. The van der Waals surface area contributed by atoms with E-state index in [2.05, 4.69) is 5.32 Å². The number of hydrogen-bond acceptors (Lipinski definition) is 6. The van der Waals surface area contributed by atoms with Crippen molar-refractivity contribution in [3.63, 3.8) is 0 Å². The van der Waals surface area contributed by atoms with Crippen molar-refractivity contribution in [3.8, 4) is 5.75 Å². The normalized spacial score (nSPS) is 14.1. The smallest absolute Gasteiger partial charge is 0.341 e. The number of hydrogen-bond donors (Lipinski definition) is 1. The summed E-state index contributed by atoms with van der Waals surface area (Å²) in [6, 6.07) is 2.82. The van der Waals surface area contributed by atoms with Gasteiger partial charge in [-0.05, 0) is 18.5 Å². The third-order valence-corrected chi connectivity index (χ3v) is 3.47. The lowest BCUT2D eigenvalue weighted by atomic mass is 9.98. The third-order valence-electron chi connectivity index (χ3n) is 3.47. The molecule has 0 saturated heterocycles. The SMILES string of the molecule is COc1cc2oc(=O)c3c(c2cc1[N+](=O)[O-])CCNC3. The Morgan fingerprint density at radius 2 is 2.20 bits per heavy atom. The number of rotatable bonds is 2. The van der Waals surface area contributed by atoms with Crippen LogP contribution in [0.1, 0.15) is 11.1 Å². The van der Waals surface area contributed by atoms with Gasteiger partial charge in [-0.2, -0.15) is 0 Å². The second-order valence-electron chi connectivity index (χ2n) is 4.55. The Morgan fingerprint density at radius 1 is 1.40 bits per heavy atom. The maximum Gasteiger partial charge on any atom is 0.341 e. The van der Waals surface area contributed by atoms with Crippen molar-refractivity contribution in [3.05, 3.63) is 43.8 Å². The minimum absolute atomic E-state index is 0.0829. The Labute approximate surface area is 113 Å². The van der Waals surface area contributed by atoms with Crippen molar-refractivity contribution in [2.24, 2.45) is 0 Å². The average Bonchev–Trinajstić information content (AvgIpc) is 2.46. The summed E-state index contributed by atoms with van der Waals surface area (Å²) >= 11 is 0. The zero-order chi connectivity index (χ0) is 14.3. The standard InChI is InChI=1S/C13H12N2O5/c1-19-12-5-11-8(4-10(12)15(17)18)7-2-3-14-6-9(7)13(16)20-11/h4-5,14H,2-3,6H2,1H3. The van der Waals surface area contributed by atoms with Gasteiger partial charge in [0, 0.05) is 24.1 Å². The zero-order valence-corrected chi connectivity index (χ0v) is 10.8. The summed E-state index contributed by atoms with van der Waals surface area (Å²) in [6.45, 7) is 1.15. The zero-order valence-electron chi connectivity index (χ0n) is 10.8. The fourth-order valence-corrected chi connectivity index (χ4v) is 2.51. The highest BCUT2D eigenvalue weighted by Crippen LogP contribution is 2.34. The first-order valence-electron chi connectivity index (χ1n) is 6.13. The lowest BCUT2D eigenvalue weighted by Gasteiger charge is -2.17. The molecule has 0 spiro atoms. The molecular weight excluding hydrogens is 264 g/mol. The summed E-state index contributed by atoms with van der Waals surface area (Å²) in [5.74, 6) is 0.0829. The van der Waals surface area contributed by atoms with Crippen LogP contribution in [-0.2, 0) is 13.0 Å². The van der Waals surface area contributed by atoms with E-state index in [9.17, 15) is 14.9 Å². The number of methoxy groups -OCH3 is 1. The van der Waals surface area contributed by atoms with Gasteiger partial charge in [-0.25, -0.2) is 4.79 Å². The molecule has 1 aromatic carbocycles. The van der Waals surface area contributed by atoms with Gasteiger partial charge in [0.2, 0.25) is 5.75 Å². The summed E-state index contributed by atoms with van der Waals surface area (Å²) in [6.07, 6.45) is 0.640. The van der Waals surface area contributed by atoms with E-state index in [1.807, 2.05) is 0 Å². The highest BCUT2D eigenvalue weighted by Gasteiger charge is 2.23. The predicted molar refractivity (Wildman–Crippen MR) is 71.1 cm³/mol. The van der Waals surface area contributed by atoms with Gasteiger partial charge in [0.05, 0.1) is 17.6 Å². The molecule has 0 bridgehead atoms. The molecule has 0 aliphatic carbocycles. The van der Waals surface area contributed by atoms with Gasteiger partial charge < -0.3 is 14.5 Å². The maximum absolute atomic E-state index is 11.9. The fraction of sp³-hybridized carbons (Fsp3) is 0.308. The lowest BCUT2D eigenvalue weighted by Crippen LogP contribution is -2.29. The number of ether oxygens (including phenoxy) is 1. The van der Waals surface area contributed by atoms with Crippen molar-refractivity contribution < 1.29 is 14.1 Å². The maximum atomic E-state index is 11.9. The Hall–Kier alpha value is -2.41. The summed E-state index contributed by atoms with van der Waals surface area (Å²) in [4.78, 5) is 22.5. The second-order valence-corrected chi connectivity index (χ2v) is 4.55. The van der Waals surface area contributed by atoms with Crippen LogP contribution in [-0.4, -0.2) is 18.6 Å². The van der Waals surface area contributed by atoms with Crippen LogP contribution < -0.4 is 15.7 Å². The van der Waals surface area contributed by atoms with E-state index in [1.54, 1.807) is 0 Å². The highest BCUT2D eigenvalue weighted by atomic mass is 16.6. The van der Waals surface area contributed by atoms with Gasteiger partial charge in [-0.15, -0.1) is 0 Å². The Bertz CT molecular complexity index is 765. The fourth-order valence-electron chi connectivity index (χ4n) is 2.51. The van der Waals surface area contributed by atoms with Crippen molar-refractivity contribution in [1.29, 1.82) is 0 Å². The molecule has 0 unspecified atom stereocenters. The van der Waals surface area contributed by atoms with Crippen LogP contribution in [0.25, 0.3) is 11.0 Å². The Balaban J connectivity index is 2.38. The van der Waals surface area contributed by atoms with E-state index >= 15 is 0 Å². The number of nitrogens with one attached hydrogen (secondary N) is 1. The molecule has 1 aromatic heterocycles. The van der Waals surface area contributed by atoms with Gasteiger partial charge in [-0.3, -0.25) is 10.1 Å². The number of benzene rings is 1. The molecule has 2 heterocycles.